The van der Waals surface area contributed by atoms with Crippen LogP contribution in [0, 0.1) is 0 Å². The van der Waals surface area contributed by atoms with E-state index in [1.54, 1.807) is 6.20 Å². The Morgan fingerprint density at radius 2 is 2.00 bits per heavy atom. The maximum Gasteiger partial charge on any atom is 0.231 e. The monoisotopic (exact) mass is 359 g/mol. The molecule has 7 nitrogen and oxygen atoms in total. The Morgan fingerprint density at radius 1 is 1.04 bits per heavy atom. The minimum absolute atomic E-state index is 0.259. The number of ether oxygens (including phenoxy) is 2. The van der Waals surface area contributed by atoms with Gasteiger partial charge < -0.3 is 14.8 Å². The van der Waals surface area contributed by atoms with E-state index in [1.807, 2.05) is 53.3 Å². The van der Waals surface area contributed by atoms with E-state index >= 15 is 0 Å². The van der Waals surface area contributed by atoms with Crippen LogP contribution in [0.4, 0.5) is 5.82 Å². The van der Waals surface area contributed by atoms with E-state index in [4.69, 9.17) is 14.6 Å². The zero-order chi connectivity index (χ0) is 18.1. The SMILES string of the molecule is c1cncc(CCNc2ccc3ncc(-c4ccc5c(c4)OCO5)n3n2)c1. The van der Waals surface area contributed by atoms with E-state index < -0.39 is 0 Å². The highest BCUT2D eigenvalue weighted by atomic mass is 16.7. The van der Waals surface area contributed by atoms with Crippen LogP contribution in [0.3, 0.4) is 0 Å². The number of benzene rings is 1. The molecule has 27 heavy (non-hydrogen) atoms. The number of rotatable bonds is 5. The largest absolute Gasteiger partial charge is 0.454 e. The number of anilines is 1. The fourth-order valence-electron chi connectivity index (χ4n) is 3.10. The Hall–Kier alpha value is -3.61. The van der Waals surface area contributed by atoms with Gasteiger partial charge in [0.25, 0.3) is 0 Å². The number of nitrogens with one attached hydrogen (secondary N) is 1. The second-order valence-corrected chi connectivity index (χ2v) is 6.24. The van der Waals surface area contributed by atoms with Crippen molar-refractivity contribution in [3.63, 3.8) is 0 Å². The van der Waals surface area contributed by atoms with Crippen molar-refractivity contribution in [3.8, 4) is 22.8 Å². The molecular formula is C20H17N5O2. The van der Waals surface area contributed by atoms with E-state index in [2.05, 4.69) is 21.4 Å². The van der Waals surface area contributed by atoms with Crippen LogP contribution in [-0.4, -0.2) is 32.9 Å². The summed E-state index contributed by atoms with van der Waals surface area (Å²) in [6.07, 6.45) is 6.36. The number of fused-ring (bicyclic) bond motifs is 2. The second kappa shape index (κ2) is 6.60. The molecule has 1 aliphatic rings. The van der Waals surface area contributed by atoms with Crippen LogP contribution >= 0.6 is 0 Å². The molecule has 4 aromatic rings. The van der Waals surface area contributed by atoms with Crippen LogP contribution in [-0.2, 0) is 6.42 Å². The summed E-state index contributed by atoms with van der Waals surface area (Å²) >= 11 is 0. The molecule has 4 heterocycles. The van der Waals surface area contributed by atoms with E-state index in [-0.39, 0.29) is 6.79 Å². The van der Waals surface area contributed by atoms with Gasteiger partial charge in [0.05, 0.1) is 11.9 Å². The van der Waals surface area contributed by atoms with Crippen molar-refractivity contribution in [2.45, 2.75) is 6.42 Å². The first-order valence-electron chi connectivity index (χ1n) is 8.74. The normalized spacial score (nSPS) is 12.4. The van der Waals surface area contributed by atoms with Gasteiger partial charge in [0, 0.05) is 24.5 Å². The van der Waals surface area contributed by atoms with Gasteiger partial charge in [0.2, 0.25) is 6.79 Å². The van der Waals surface area contributed by atoms with Crippen LogP contribution in [0.15, 0.2) is 61.1 Å². The second-order valence-electron chi connectivity index (χ2n) is 6.24. The van der Waals surface area contributed by atoms with E-state index in [1.165, 1.54) is 5.56 Å². The van der Waals surface area contributed by atoms with E-state index in [0.717, 1.165) is 47.2 Å². The zero-order valence-corrected chi connectivity index (χ0v) is 14.5. The summed E-state index contributed by atoms with van der Waals surface area (Å²) in [5, 5.41) is 8.05. The molecule has 1 N–H and O–H groups in total. The minimum atomic E-state index is 0.259. The van der Waals surface area contributed by atoms with Crippen LogP contribution in [0.2, 0.25) is 0 Å². The summed E-state index contributed by atoms with van der Waals surface area (Å²) in [5.41, 5.74) is 3.86. The number of hydrogen-bond acceptors (Lipinski definition) is 6. The van der Waals surface area contributed by atoms with Crippen molar-refractivity contribution in [3.05, 3.63) is 66.6 Å². The molecule has 0 bridgehead atoms. The minimum Gasteiger partial charge on any atom is -0.454 e. The van der Waals surface area contributed by atoms with Gasteiger partial charge in [-0.05, 0) is 48.4 Å². The highest BCUT2D eigenvalue weighted by Crippen LogP contribution is 2.35. The lowest BCUT2D eigenvalue weighted by Gasteiger charge is -2.07. The molecule has 0 unspecified atom stereocenters. The average Bonchev–Trinajstić information content (AvgIpc) is 3.34. The molecular weight excluding hydrogens is 342 g/mol. The Balaban J connectivity index is 1.39. The summed E-state index contributed by atoms with van der Waals surface area (Å²) in [6.45, 7) is 1.04. The lowest BCUT2D eigenvalue weighted by molar-refractivity contribution is 0.174. The van der Waals surface area contributed by atoms with Crippen molar-refractivity contribution < 1.29 is 9.47 Å². The zero-order valence-electron chi connectivity index (χ0n) is 14.5. The molecule has 1 aliphatic heterocycles. The first-order valence-corrected chi connectivity index (χ1v) is 8.74. The Labute approximate surface area is 155 Å². The molecule has 0 radical (unpaired) electrons. The smallest absolute Gasteiger partial charge is 0.231 e. The molecule has 1 aromatic carbocycles. The van der Waals surface area contributed by atoms with Gasteiger partial charge in [0.15, 0.2) is 17.1 Å². The van der Waals surface area contributed by atoms with Crippen molar-refractivity contribution in [1.82, 2.24) is 19.6 Å². The maximum absolute atomic E-state index is 5.48. The van der Waals surface area contributed by atoms with Crippen LogP contribution < -0.4 is 14.8 Å². The molecule has 0 atom stereocenters. The topological polar surface area (TPSA) is 73.6 Å². The molecule has 0 fully saturated rings. The molecule has 3 aromatic heterocycles. The lowest BCUT2D eigenvalue weighted by atomic mass is 10.1. The van der Waals surface area contributed by atoms with Gasteiger partial charge in [-0.1, -0.05) is 6.07 Å². The van der Waals surface area contributed by atoms with Crippen molar-refractivity contribution in [1.29, 1.82) is 0 Å². The summed E-state index contributed by atoms with van der Waals surface area (Å²) in [4.78, 5) is 8.59. The highest BCUT2D eigenvalue weighted by Gasteiger charge is 2.16. The first-order chi connectivity index (χ1) is 13.4. The molecule has 0 saturated heterocycles. The van der Waals surface area contributed by atoms with Gasteiger partial charge >= 0.3 is 0 Å². The summed E-state index contributed by atoms with van der Waals surface area (Å²) in [7, 11) is 0. The molecule has 0 amide bonds. The van der Waals surface area contributed by atoms with Gasteiger partial charge in [-0.3, -0.25) is 4.98 Å². The first kappa shape index (κ1) is 15.6. The fraction of sp³-hybridized carbons (Fsp3) is 0.150. The molecule has 0 saturated carbocycles. The van der Waals surface area contributed by atoms with E-state index in [9.17, 15) is 0 Å². The third-order valence-corrected chi connectivity index (χ3v) is 4.47. The summed E-state index contributed by atoms with van der Waals surface area (Å²) < 4.78 is 12.7. The average molecular weight is 359 g/mol. The van der Waals surface area contributed by atoms with Crippen molar-refractivity contribution >= 4 is 11.5 Å². The third-order valence-electron chi connectivity index (χ3n) is 4.47. The predicted octanol–water partition coefficient (Wildman–Crippen LogP) is 3.17. The van der Waals surface area contributed by atoms with Crippen LogP contribution in [0.1, 0.15) is 5.56 Å². The van der Waals surface area contributed by atoms with Crippen molar-refractivity contribution in [2.24, 2.45) is 0 Å². The summed E-state index contributed by atoms with van der Waals surface area (Å²) in [6, 6.07) is 13.8. The Bertz CT molecular complexity index is 1090. The van der Waals surface area contributed by atoms with Crippen LogP contribution in [0.5, 0.6) is 11.5 Å². The van der Waals surface area contributed by atoms with Gasteiger partial charge in [0.1, 0.15) is 5.82 Å². The van der Waals surface area contributed by atoms with E-state index in [0.29, 0.717) is 0 Å². The number of pyridine rings is 1. The molecule has 5 rings (SSSR count). The lowest BCUT2D eigenvalue weighted by Crippen LogP contribution is -2.08. The molecule has 0 aliphatic carbocycles. The number of imidazole rings is 1. The van der Waals surface area contributed by atoms with Gasteiger partial charge in [-0.15, -0.1) is 5.10 Å². The van der Waals surface area contributed by atoms with Crippen molar-refractivity contribution in [2.75, 3.05) is 18.7 Å². The highest BCUT2D eigenvalue weighted by molar-refractivity contribution is 5.67. The maximum atomic E-state index is 5.48. The third kappa shape index (κ3) is 3.03. The Morgan fingerprint density at radius 3 is 2.93 bits per heavy atom. The number of nitrogens with zero attached hydrogens (tertiary/aromatic N) is 4. The van der Waals surface area contributed by atoms with Crippen LogP contribution in [0.25, 0.3) is 16.9 Å². The summed E-state index contributed by atoms with van der Waals surface area (Å²) in [5.74, 6) is 2.30. The Kier molecular flexibility index (Phi) is 3.82. The van der Waals surface area contributed by atoms with Gasteiger partial charge in [-0.25, -0.2) is 9.50 Å². The molecule has 134 valence electrons. The predicted molar refractivity (Wildman–Crippen MR) is 101 cm³/mol. The van der Waals surface area contributed by atoms with Gasteiger partial charge in [-0.2, -0.15) is 0 Å². The fourth-order valence-corrected chi connectivity index (χ4v) is 3.10. The quantitative estimate of drug-likeness (QED) is 0.590. The standard InChI is InChI=1S/C20H17N5O2/c1-2-14(11-21-8-1)7-9-22-19-5-6-20-23-12-16(25(20)24-19)15-3-4-17-18(10-15)27-13-26-17/h1-6,8,10-12H,7,9,13H2,(H,22,24). The molecule has 0 spiro atoms. The number of hydrogen-bond donors (Lipinski definition) is 1. The number of aromatic nitrogens is 4. The molecule has 7 heteroatoms.